The van der Waals surface area contributed by atoms with Crippen molar-refractivity contribution in [3.8, 4) is 0 Å². The Hall–Kier alpha value is -1.94. The molecule has 0 aliphatic carbocycles. The van der Waals surface area contributed by atoms with Gasteiger partial charge in [0.1, 0.15) is 5.82 Å². The number of hydrogen-bond donors (Lipinski definition) is 1. The zero-order valence-electron chi connectivity index (χ0n) is 14.4. The van der Waals surface area contributed by atoms with Crippen LogP contribution in [0.15, 0.2) is 23.0 Å². The van der Waals surface area contributed by atoms with E-state index in [1.165, 1.54) is 16.7 Å². The van der Waals surface area contributed by atoms with Crippen molar-refractivity contribution in [1.29, 1.82) is 0 Å². The number of rotatable bonds is 3. The summed E-state index contributed by atoms with van der Waals surface area (Å²) in [6.45, 7) is 11.0. The van der Waals surface area contributed by atoms with Crippen molar-refractivity contribution in [1.82, 2.24) is 14.9 Å². The Bertz CT molecular complexity index is 756. The molecule has 1 aliphatic rings. The van der Waals surface area contributed by atoms with Gasteiger partial charge in [-0.1, -0.05) is 43.2 Å². The van der Waals surface area contributed by atoms with Crippen LogP contribution in [0.2, 0.25) is 0 Å². The van der Waals surface area contributed by atoms with Gasteiger partial charge in [-0.2, -0.15) is 0 Å². The van der Waals surface area contributed by atoms with Gasteiger partial charge in [-0.15, -0.1) is 0 Å². The molecule has 0 fully saturated rings. The molecule has 2 aromatic rings. The maximum absolute atomic E-state index is 12.2. The molecule has 23 heavy (non-hydrogen) atoms. The molecule has 1 aromatic carbocycles. The van der Waals surface area contributed by atoms with E-state index in [1.807, 2.05) is 0 Å². The number of aryl methyl sites for hydroxylation is 2. The lowest BCUT2D eigenvalue weighted by atomic mass is 10.0. The average molecular weight is 311 g/mol. The highest BCUT2D eigenvalue weighted by Gasteiger charge is 2.21. The SMILES string of the molecule is Cc1cc(C)cc(CN2CCc3c(nc(C(C)C)[nH]c3=O)C2)c1. The third-order valence-electron chi connectivity index (χ3n) is 4.41. The van der Waals surface area contributed by atoms with Crippen LogP contribution < -0.4 is 5.56 Å². The lowest BCUT2D eigenvalue weighted by Crippen LogP contribution is -2.35. The highest BCUT2D eigenvalue weighted by atomic mass is 16.1. The van der Waals surface area contributed by atoms with E-state index >= 15 is 0 Å². The lowest BCUT2D eigenvalue weighted by Gasteiger charge is -2.28. The zero-order valence-corrected chi connectivity index (χ0v) is 14.4. The van der Waals surface area contributed by atoms with E-state index < -0.39 is 0 Å². The van der Waals surface area contributed by atoms with Crippen molar-refractivity contribution in [2.45, 2.75) is 53.1 Å². The molecule has 2 heterocycles. The van der Waals surface area contributed by atoms with Crippen LogP contribution in [0.4, 0.5) is 0 Å². The molecule has 3 rings (SSSR count). The first-order chi connectivity index (χ1) is 10.9. The minimum absolute atomic E-state index is 0.0461. The number of hydrogen-bond acceptors (Lipinski definition) is 3. The van der Waals surface area contributed by atoms with Crippen LogP contribution >= 0.6 is 0 Å². The third kappa shape index (κ3) is 3.53. The van der Waals surface area contributed by atoms with Crippen molar-refractivity contribution in [3.05, 3.63) is 62.3 Å². The monoisotopic (exact) mass is 311 g/mol. The molecule has 1 N–H and O–H groups in total. The van der Waals surface area contributed by atoms with Crippen LogP contribution in [0.3, 0.4) is 0 Å². The fourth-order valence-electron chi connectivity index (χ4n) is 3.34. The molecule has 0 atom stereocenters. The summed E-state index contributed by atoms with van der Waals surface area (Å²) in [5, 5.41) is 0. The van der Waals surface area contributed by atoms with Gasteiger partial charge in [0, 0.05) is 31.1 Å². The number of nitrogens with one attached hydrogen (secondary N) is 1. The van der Waals surface area contributed by atoms with Crippen molar-refractivity contribution < 1.29 is 0 Å². The maximum Gasteiger partial charge on any atom is 0.254 e. The summed E-state index contributed by atoms with van der Waals surface area (Å²) < 4.78 is 0. The number of aromatic amines is 1. The second-order valence-electron chi connectivity index (χ2n) is 6.99. The van der Waals surface area contributed by atoms with Gasteiger partial charge < -0.3 is 4.98 Å². The van der Waals surface area contributed by atoms with Gasteiger partial charge in [0.05, 0.1) is 5.69 Å². The Labute approximate surface area is 137 Å². The fraction of sp³-hybridized carbons (Fsp3) is 0.474. The highest BCUT2D eigenvalue weighted by Crippen LogP contribution is 2.19. The molecule has 1 aliphatic heterocycles. The Kier molecular flexibility index (Phi) is 4.35. The van der Waals surface area contributed by atoms with Crippen LogP contribution in [0.25, 0.3) is 0 Å². The second kappa shape index (κ2) is 6.28. The molecule has 0 bridgehead atoms. The van der Waals surface area contributed by atoms with Crippen molar-refractivity contribution in [3.63, 3.8) is 0 Å². The molecule has 0 radical (unpaired) electrons. The van der Waals surface area contributed by atoms with E-state index in [4.69, 9.17) is 4.98 Å². The Morgan fingerprint density at radius 3 is 2.57 bits per heavy atom. The fourth-order valence-corrected chi connectivity index (χ4v) is 3.34. The van der Waals surface area contributed by atoms with E-state index in [0.29, 0.717) is 0 Å². The summed E-state index contributed by atoms with van der Waals surface area (Å²) in [4.78, 5) is 22.2. The van der Waals surface area contributed by atoms with E-state index in [1.54, 1.807) is 0 Å². The second-order valence-corrected chi connectivity index (χ2v) is 6.99. The van der Waals surface area contributed by atoms with E-state index in [2.05, 4.69) is 55.8 Å². The summed E-state index contributed by atoms with van der Waals surface area (Å²) >= 11 is 0. The van der Waals surface area contributed by atoms with Crippen LogP contribution in [-0.4, -0.2) is 21.4 Å². The van der Waals surface area contributed by atoms with E-state index in [0.717, 1.165) is 43.1 Å². The van der Waals surface area contributed by atoms with Crippen molar-refractivity contribution in [2.75, 3.05) is 6.54 Å². The van der Waals surface area contributed by atoms with Gasteiger partial charge in [0.15, 0.2) is 0 Å². The Morgan fingerprint density at radius 1 is 1.22 bits per heavy atom. The molecule has 4 heteroatoms. The number of fused-ring (bicyclic) bond motifs is 1. The first kappa shape index (κ1) is 15.9. The molecule has 122 valence electrons. The van der Waals surface area contributed by atoms with Crippen LogP contribution in [-0.2, 0) is 19.5 Å². The van der Waals surface area contributed by atoms with Crippen molar-refractivity contribution in [2.24, 2.45) is 0 Å². The van der Waals surface area contributed by atoms with Crippen LogP contribution in [0.5, 0.6) is 0 Å². The summed E-state index contributed by atoms with van der Waals surface area (Å²) in [6.07, 6.45) is 0.779. The van der Waals surface area contributed by atoms with Crippen LogP contribution in [0.1, 0.15) is 53.5 Å². The van der Waals surface area contributed by atoms with Gasteiger partial charge in [0.2, 0.25) is 0 Å². The molecule has 0 saturated heterocycles. The molecule has 4 nitrogen and oxygen atoms in total. The van der Waals surface area contributed by atoms with Gasteiger partial charge in [-0.05, 0) is 25.8 Å². The number of nitrogens with zero attached hydrogens (tertiary/aromatic N) is 2. The summed E-state index contributed by atoms with van der Waals surface area (Å²) in [5.41, 5.74) is 5.80. The molecule has 1 aromatic heterocycles. The molecular weight excluding hydrogens is 286 g/mol. The standard InChI is InChI=1S/C19H25N3O/c1-12(2)18-20-17-11-22(6-5-16(17)19(23)21-18)10-15-8-13(3)7-14(4)9-15/h7-9,12H,5-6,10-11H2,1-4H3,(H,20,21,23). The summed E-state index contributed by atoms with van der Waals surface area (Å²) in [7, 11) is 0. The minimum Gasteiger partial charge on any atom is -0.310 e. The Morgan fingerprint density at radius 2 is 1.91 bits per heavy atom. The molecule has 0 amide bonds. The Balaban J connectivity index is 1.83. The predicted octanol–water partition coefficient (Wildman–Crippen LogP) is 3.07. The zero-order chi connectivity index (χ0) is 16.6. The number of benzene rings is 1. The summed E-state index contributed by atoms with van der Waals surface area (Å²) in [5.74, 6) is 1.03. The average Bonchev–Trinajstić information content (AvgIpc) is 2.45. The maximum atomic E-state index is 12.2. The highest BCUT2D eigenvalue weighted by molar-refractivity contribution is 5.29. The first-order valence-electron chi connectivity index (χ1n) is 8.34. The summed E-state index contributed by atoms with van der Waals surface area (Å²) in [6, 6.07) is 6.69. The minimum atomic E-state index is 0.0461. The predicted molar refractivity (Wildman–Crippen MR) is 92.7 cm³/mol. The van der Waals surface area contributed by atoms with E-state index in [-0.39, 0.29) is 11.5 Å². The smallest absolute Gasteiger partial charge is 0.254 e. The number of H-pyrrole nitrogens is 1. The third-order valence-corrected chi connectivity index (χ3v) is 4.41. The van der Waals surface area contributed by atoms with Crippen LogP contribution in [0, 0.1) is 13.8 Å². The molecule has 0 spiro atoms. The molecule has 0 saturated carbocycles. The quantitative estimate of drug-likeness (QED) is 0.947. The van der Waals surface area contributed by atoms with Gasteiger partial charge >= 0.3 is 0 Å². The number of aromatic nitrogens is 2. The normalized spacial score (nSPS) is 15.0. The molecular formula is C19H25N3O. The van der Waals surface area contributed by atoms with Gasteiger partial charge in [0.25, 0.3) is 5.56 Å². The largest absolute Gasteiger partial charge is 0.310 e. The lowest BCUT2D eigenvalue weighted by molar-refractivity contribution is 0.240. The molecule has 0 unspecified atom stereocenters. The van der Waals surface area contributed by atoms with E-state index in [9.17, 15) is 4.79 Å². The topological polar surface area (TPSA) is 49.0 Å². The van der Waals surface area contributed by atoms with Gasteiger partial charge in [-0.3, -0.25) is 9.69 Å². The first-order valence-corrected chi connectivity index (χ1v) is 8.34. The van der Waals surface area contributed by atoms with Gasteiger partial charge in [-0.25, -0.2) is 4.98 Å². The van der Waals surface area contributed by atoms with Crippen molar-refractivity contribution >= 4 is 0 Å².